The van der Waals surface area contributed by atoms with E-state index in [4.69, 9.17) is 5.73 Å². The summed E-state index contributed by atoms with van der Waals surface area (Å²) in [6.07, 6.45) is 0.726. The summed E-state index contributed by atoms with van der Waals surface area (Å²) >= 11 is 0. The molecule has 4 atom stereocenters. The van der Waals surface area contributed by atoms with Gasteiger partial charge in [-0.25, -0.2) is 0 Å². The lowest BCUT2D eigenvalue weighted by Gasteiger charge is -2.50. The number of benzene rings is 2. The molecule has 10 heteroatoms. The molecule has 216 valence electrons. The van der Waals surface area contributed by atoms with Crippen molar-refractivity contribution in [2.45, 2.75) is 37.8 Å². The van der Waals surface area contributed by atoms with Crippen molar-refractivity contribution < 1.29 is 34.8 Å². The number of aromatic hydroxyl groups is 1. The Morgan fingerprint density at radius 1 is 1.07 bits per heavy atom. The Labute approximate surface area is 238 Å². The van der Waals surface area contributed by atoms with Crippen molar-refractivity contribution in [2.75, 3.05) is 33.1 Å². The molecule has 0 spiro atoms. The van der Waals surface area contributed by atoms with E-state index in [1.54, 1.807) is 14.1 Å². The molecule has 10 nitrogen and oxygen atoms in total. The highest BCUT2D eigenvalue weighted by molar-refractivity contribution is 6.24. The molecule has 1 saturated carbocycles. The van der Waals surface area contributed by atoms with Crippen LogP contribution in [-0.2, 0) is 27.2 Å². The number of ketones is 2. The summed E-state index contributed by atoms with van der Waals surface area (Å²) in [5, 5.41) is 45.7. The van der Waals surface area contributed by atoms with E-state index in [0.29, 0.717) is 17.5 Å². The second-order valence-corrected chi connectivity index (χ2v) is 11.5. The number of fused-ring (bicyclic) bond motifs is 3. The van der Waals surface area contributed by atoms with Gasteiger partial charge in [0.05, 0.1) is 11.6 Å². The minimum Gasteiger partial charge on any atom is -0.508 e. The van der Waals surface area contributed by atoms with Gasteiger partial charge >= 0.3 is 0 Å². The van der Waals surface area contributed by atoms with Crippen LogP contribution in [0.3, 0.4) is 0 Å². The average molecular weight is 562 g/mol. The molecular weight excluding hydrogens is 526 g/mol. The van der Waals surface area contributed by atoms with Crippen molar-refractivity contribution in [3.63, 3.8) is 0 Å². The van der Waals surface area contributed by atoms with E-state index in [2.05, 4.69) is 0 Å². The number of likely N-dealkylation sites (N-methyl/N-ethyl adjacent to an activating group) is 1. The summed E-state index contributed by atoms with van der Waals surface area (Å²) in [5.41, 5.74) is 5.71. The van der Waals surface area contributed by atoms with Crippen molar-refractivity contribution >= 4 is 28.9 Å². The van der Waals surface area contributed by atoms with Crippen LogP contribution in [0.25, 0.3) is 16.9 Å². The number of nitrogens with two attached hydrogens (primary N) is 1. The fraction of sp³-hybridized carbons (Fsp3) is 0.387. The Morgan fingerprint density at radius 2 is 1.71 bits per heavy atom. The Hall–Kier alpha value is -4.15. The Balaban J connectivity index is 1.75. The maximum atomic E-state index is 14.1. The zero-order valence-electron chi connectivity index (χ0n) is 23.7. The Morgan fingerprint density at radius 3 is 2.24 bits per heavy atom. The van der Waals surface area contributed by atoms with Gasteiger partial charge in [-0.3, -0.25) is 19.3 Å². The van der Waals surface area contributed by atoms with Crippen LogP contribution in [-0.4, -0.2) is 82.6 Å². The standard InChI is InChI=1S/C31H35N3O7/c1-6-14-11-18(15-7-9-17(10-8-15)33(2)3)19-12-16-13-20-24(34(4)5)27(37)23(30(32)40)29(39)31(20,41)28(38)21(16)26(36)22(19)25(14)35/h7-11,16,20,24,35-36,39,41H,6,12-13H2,1-5H3,(H2,32,40). The molecule has 2 aromatic carbocycles. The van der Waals surface area contributed by atoms with Gasteiger partial charge in [-0.05, 0) is 79.7 Å². The van der Waals surface area contributed by atoms with Gasteiger partial charge in [0.25, 0.3) is 5.91 Å². The van der Waals surface area contributed by atoms with Crippen LogP contribution >= 0.6 is 0 Å². The smallest absolute Gasteiger partial charge is 0.255 e. The molecule has 2 aromatic rings. The minimum absolute atomic E-state index is 0.0427. The maximum absolute atomic E-state index is 14.1. The van der Waals surface area contributed by atoms with Crippen LogP contribution in [0.1, 0.15) is 30.0 Å². The lowest BCUT2D eigenvalue weighted by molar-refractivity contribution is -0.153. The molecule has 0 aliphatic heterocycles. The van der Waals surface area contributed by atoms with Crippen LogP contribution in [0.2, 0.25) is 0 Å². The third-order valence-corrected chi connectivity index (χ3v) is 8.88. The first-order valence-electron chi connectivity index (χ1n) is 13.6. The average Bonchev–Trinajstić information content (AvgIpc) is 2.90. The number of primary amides is 1. The maximum Gasteiger partial charge on any atom is 0.255 e. The summed E-state index contributed by atoms with van der Waals surface area (Å²) in [6.45, 7) is 1.86. The molecule has 0 saturated heterocycles. The van der Waals surface area contributed by atoms with Crippen LogP contribution < -0.4 is 10.6 Å². The number of nitrogens with zero attached hydrogens (tertiary/aromatic N) is 2. The summed E-state index contributed by atoms with van der Waals surface area (Å²) in [6, 6.07) is 8.61. The normalized spacial score (nSPS) is 25.7. The molecule has 3 aliphatic rings. The first-order chi connectivity index (χ1) is 19.2. The number of rotatable bonds is 5. The van der Waals surface area contributed by atoms with Crippen LogP contribution in [0.15, 0.2) is 47.2 Å². The summed E-state index contributed by atoms with van der Waals surface area (Å²) in [5.74, 6) is -6.55. The van der Waals surface area contributed by atoms with E-state index < -0.39 is 58.0 Å². The fourth-order valence-corrected chi connectivity index (χ4v) is 6.83. The highest BCUT2D eigenvalue weighted by Crippen LogP contribution is 2.54. The fourth-order valence-electron chi connectivity index (χ4n) is 6.83. The number of carbonyl (C=O) groups excluding carboxylic acids is 3. The van der Waals surface area contributed by atoms with Gasteiger partial charge in [0.2, 0.25) is 5.78 Å². The molecule has 0 bridgehead atoms. The van der Waals surface area contributed by atoms with Crippen molar-refractivity contribution in [3.05, 3.63) is 63.9 Å². The molecule has 0 radical (unpaired) electrons. The van der Waals surface area contributed by atoms with Gasteiger partial charge in [-0.15, -0.1) is 0 Å². The van der Waals surface area contributed by atoms with Crippen LogP contribution in [0.5, 0.6) is 5.75 Å². The number of hydrogen-bond donors (Lipinski definition) is 5. The van der Waals surface area contributed by atoms with Gasteiger partial charge in [0, 0.05) is 31.3 Å². The van der Waals surface area contributed by atoms with Crippen molar-refractivity contribution in [3.8, 4) is 16.9 Å². The SMILES string of the molecule is CCc1cc(-c2ccc(N(C)C)cc2)c2c(c1O)C(O)=C1C(=O)C3(O)C(O)=C(C(N)=O)C(=O)C(N(C)C)C3CC1C2. The van der Waals surface area contributed by atoms with Gasteiger partial charge < -0.3 is 31.1 Å². The second kappa shape index (κ2) is 9.74. The van der Waals surface area contributed by atoms with E-state index in [-0.39, 0.29) is 29.7 Å². The minimum atomic E-state index is -2.66. The number of aryl methyl sites for hydroxylation is 1. The molecule has 6 N–H and O–H groups in total. The number of carbonyl (C=O) groups is 3. The molecule has 41 heavy (non-hydrogen) atoms. The molecule has 0 aromatic heterocycles. The molecular formula is C31H35N3O7. The summed E-state index contributed by atoms with van der Waals surface area (Å²) in [4.78, 5) is 43.0. The molecule has 3 aliphatic carbocycles. The zero-order chi connectivity index (χ0) is 30.1. The van der Waals surface area contributed by atoms with Gasteiger partial charge in [0.15, 0.2) is 11.4 Å². The predicted molar refractivity (Wildman–Crippen MR) is 153 cm³/mol. The molecule has 4 unspecified atom stereocenters. The highest BCUT2D eigenvalue weighted by Gasteiger charge is 2.64. The van der Waals surface area contributed by atoms with Gasteiger partial charge in [-0.2, -0.15) is 0 Å². The molecule has 0 heterocycles. The number of aliphatic hydroxyl groups excluding tert-OH is 2. The van der Waals surface area contributed by atoms with E-state index >= 15 is 0 Å². The van der Waals surface area contributed by atoms with E-state index in [9.17, 15) is 34.8 Å². The number of Topliss-reactive ketones (excluding diaryl/α,β-unsaturated/α-hetero) is 2. The topological polar surface area (TPSA) is 165 Å². The summed E-state index contributed by atoms with van der Waals surface area (Å²) in [7, 11) is 7.03. The highest BCUT2D eigenvalue weighted by atomic mass is 16.3. The predicted octanol–water partition coefficient (Wildman–Crippen LogP) is 2.26. The molecule has 5 rings (SSSR count). The number of phenolic OH excluding ortho intramolecular Hbond substituents is 1. The number of hydrogen-bond acceptors (Lipinski definition) is 9. The number of phenols is 1. The van der Waals surface area contributed by atoms with Crippen molar-refractivity contribution in [1.82, 2.24) is 4.90 Å². The van der Waals surface area contributed by atoms with Crippen LogP contribution in [0, 0.1) is 11.8 Å². The third-order valence-electron chi connectivity index (χ3n) is 8.88. The van der Waals surface area contributed by atoms with E-state index in [0.717, 1.165) is 16.8 Å². The Bertz CT molecular complexity index is 1550. The van der Waals surface area contributed by atoms with Crippen LogP contribution in [0.4, 0.5) is 5.69 Å². The summed E-state index contributed by atoms with van der Waals surface area (Å²) < 4.78 is 0. The first-order valence-corrected chi connectivity index (χ1v) is 13.6. The molecule has 1 amide bonds. The number of anilines is 1. The van der Waals surface area contributed by atoms with Gasteiger partial charge in [-0.1, -0.05) is 19.1 Å². The number of aliphatic hydroxyl groups is 3. The first kappa shape index (κ1) is 28.4. The third kappa shape index (κ3) is 3.96. The van der Waals surface area contributed by atoms with E-state index in [1.165, 1.54) is 4.90 Å². The second-order valence-electron chi connectivity index (χ2n) is 11.5. The number of amides is 1. The lowest BCUT2D eigenvalue weighted by Crippen LogP contribution is -2.65. The van der Waals surface area contributed by atoms with E-state index in [1.807, 2.05) is 56.3 Å². The lowest BCUT2D eigenvalue weighted by atomic mass is 9.57. The quantitative estimate of drug-likeness (QED) is 0.344. The Kier molecular flexibility index (Phi) is 6.74. The largest absolute Gasteiger partial charge is 0.508 e. The van der Waals surface area contributed by atoms with Crippen molar-refractivity contribution in [2.24, 2.45) is 17.6 Å². The molecule has 1 fully saturated rings. The monoisotopic (exact) mass is 561 g/mol. The zero-order valence-corrected chi connectivity index (χ0v) is 23.7. The van der Waals surface area contributed by atoms with Gasteiger partial charge in [0.1, 0.15) is 22.8 Å². The van der Waals surface area contributed by atoms with Crippen molar-refractivity contribution in [1.29, 1.82) is 0 Å².